The van der Waals surface area contributed by atoms with Gasteiger partial charge in [-0.2, -0.15) is 0 Å². The molecule has 0 heterocycles. The lowest BCUT2D eigenvalue weighted by atomic mass is 9.97. The van der Waals surface area contributed by atoms with Crippen LogP contribution in [-0.2, 0) is 10.3 Å². The van der Waals surface area contributed by atoms with E-state index in [1.54, 1.807) is 0 Å². The molecule has 0 aliphatic carbocycles. The molecule has 1 aromatic rings. The number of hydrogen-bond donors (Lipinski definition) is 0. The van der Waals surface area contributed by atoms with Crippen molar-refractivity contribution in [1.82, 2.24) is 0 Å². The molecule has 76 valence electrons. The van der Waals surface area contributed by atoms with E-state index in [0.717, 1.165) is 11.8 Å². The average molecular weight is 192 g/mol. The van der Waals surface area contributed by atoms with E-state index in [1.807, 2.05) is 45.0 Å². The van der Waals surface area contributed by atoms with Crippen molar-refractivity contribution in [3.8, 4) is 0 Å². The quantitative estimate of drug-likeness (QED) is 0.686. The van der Waals surface area contributed by atoms with Gasteiger partial charge in [-0.1, -0.05) is 24.3 Å². The fourth-order valence-electron chi connectivity index (χ4n) is 1.41. The van der Waals surface area contributed by atoms with Crippen molar-refractivity contribution >= 4 is 6.29 Å². The van der Waals surface area contributed by atoms with Crippen LogP contribution in [0.5, 0.6) is 0 Å². The summed E-state index contributed by atoms with van der Waals surface area (Å²) in [5, 5.41) is 0. The largest absolute Gasteiger partial charge is 0.371 e. The molecule has 0 unspecified atom stereocenters. The molecule has 2 nitrogen and oxygen atoms in total. The summed E-state index contributed by atoms with van der Waals surface area (Å²) in [4.78, 5) is 10.5. The summed E-state index contributed by atoms with van der Waals surface area (Å²) in [6.45, 7) is 6.70. The highest BCUT2D eigenvalue weighted by Crippen LogP contribution is 2.24. The molecule has 0 spiro atoms. The summed E-state index contributed by atoms with van der Waals surface area (Å²) >= 11 is 0. The maximum Gasteiger partial charge on any atom is 0.150 e. The molecule has 0 aliphatic heterocycles. The van der Waals surface area contributed by atoms with Gasteiger partial charge in [0.25, 0.3) is 0 Å². The van der Waals surface area contributed by atoms with E-state index in [0.29, 0.717) is 12.2 Å². The van der Waals surface area contributed by atoms with Crippen molar-refractivity contribution in [3.05, 3.63) is 35.4 Å². The van der Waals surface area contributed by atoms with E-state index in [2.05, 4.69) is 0 Å². The van der Waals surface area contributed by atoms with Crippen LogP contribution in [-0.4, -0.2) is 12.9 Å². The zero-order valence-corrected chi connectivity index (χ0v) is 8.91. The second-order valence-electron chi connectivity index (χ2n) is 3.68. The SMILES string of the molecule is CCOC(C)(C)c1ccc(C=O)cc1. The highest BCUT2D eigenvalue weighted by Gasteiger charge is 2.19. The molecule has 0 amide bonds. The fraction of sp³-hybridized carbons (Fsp3) is 0.417. The maximum atomic E-state index is 10.5. The molecule has 0 bridgehead atoms. The number of carbonyl (C=O) groups is 1. The van der Waals surface area contributed by atoms with Crippen LogP contribution >= 0.6 is 0 Å². The van der Waals surface area contributed by atoms with Crippen molar-refractivity contribution in [2.24, 2.45) is 0 Å². The zero-order valence-electron chi connectivity index (χ0n) is 8.91. The lowest BCUT2D eigenvalue weighted by Crippen LogP contribution is -2.21. The van der Waals surface area contributed by atoms with Crippen molar-refractivity contribution in [1.29, 1.82) is 0 Å². The number of rotatable bonds is 4. The average Bonchev–Trinajstić information content (AvgIpc) is 2.18. The minimum atomic E-state index is -0.282. The molecular formula is C12H16O2. The second kappa shape index (κ2) is 4.38. The summed E-state index contributed by atoms with van der Waals surface area (Å²) in [7, 11) is 0. The van der Waals surface area contributed by atoms with E-state index in [4.69, 9.17) is 4.74 Å². The van der Waals surface area contributed by atoms with Gasteiger partial charge in [0, 0.05) is 12.2 Å². The van der Waals surface area contributed by atoms with Gasteiger partial charge in [0.2, 0.25) is 0 Å². The summed E-state index contributed by atoms with van der Waals surface area (Å²) in [6, 6.07) is 7.48. The maximum absolute atomic E-state index is 10.5. The monoisotopic (exact) mass is 192 g/mol. The van der Waals surface area contributed by atoms with Crippen molar-refractivity contribution in [2.75, 3.05) is 6.61 Å². The Hall–Kier alpha value is -1.15. The van der Waals surface area contributed by atoms with Gasteiger partial charge in [0.15, 0.2) is 0 Å². The summed E-state index contributed by atoms with van der Waals surface area (Å²) < 4.78 is 5.60. The molecule has 1 rings (SSSR count). The Bertz CT molecular complexity index is 299. The van der Waals surface area contributed by atoms with E-state index in [1.165, 1.54) is 0 Å². The van der Waals surface area contributed by atoms with E-state index < -0.39 is 0 Å². The first-order valence-corrected chi connectivity index (χ1v) is 4.80. The Labute approximate surface area is 84.9 Å². The molecule has 0 saturated carbocycles. The minimum absolute atomic E-state index is 0.282. The van der Waals surface area contributed by atoms with Gasteiger partial charge >= 0.3 is 0 Å². The van der Waals surface area contributed by atoms with Crippen LogP contribution in [0, 0.1) is 0 Å². The van der Waals surface area contributed by atoms with E-state index in [9.17, 15) is 4.79 Å². The third kappa shape index (κ3) is 2.42. The Morgan fingerprint density at radius 1 is 1.29 bits per heavy atom. The molecular weight excluding hydrogens is 176 g/mol. The van der Waals surface area contributed by atoms with Gasteiger partial charge in [-0.15, -0.1) is 0 Å². The summed E-state index contributed by atoms with van der Waals surface area (Å²) in [5.41, 5.74) is 1.50. The van der Waals surface area contributed by atoms with Crippen molar-refractivity contribution in [2.45, 2.75) is 26.4 Å². The van der Waals surface area contributed by atoms with E-state index >= 15 is 0 Å². The molecule has 0 atom stereocenters. The topological polar surface area (TPSA) is 26.3 Å². The molecule has 0 aromatic heterocycles. The number of carbonyl (C=O) groups excluding carboxylic acids is 1. The Morgan fingerprint density at radius 2 is 1.86 bits per heavy atom. The molecule has 2 heteroatoms. The minimum Gasteiger partial charge on any atom is -0.371 e. The molecule has 0 fully saturated rings. The van der Waals surface area contributed by atoms with Gasteiger partial charge in [-0.25, -0.2) is 0 Å². The number of aldehydes is 1. The highest BCUT2D eigenvalue weighted by atomic mass is 16.5. The first kappa shape index (κ1) is 10.9. The fourth-order valence-corrected chi connectivity index (χ4v) is 1.41. The van der Waals surface area contributed by atoms with Crippen molar-refractivity contribution < 1.29 is 9.53 Å². The number of hydrogen-bond acceptors (Lipinski definition) is 2. The van der Waals surface area contributed by atoms with Crippen molar-refractivity contribution in [3.63, 3.8) is 0 Å². The lowest BCUT2D eigenvalue weighted by molar-refractivity contribution is -0.0140. The zero-order chi connectivity index (χ0) is 10.6. The van der Waals surface area contributed by atoms with Crippen LogP contribution in [0.4, 0.5) is 0 Å². The van der Waals surface area contributed by atoms with Gasteiger partial charge in [0.05, 0.1) is 5.60 Å². The first-order valence-electron chi connectivity index (χ1n) is 4.80. The third-order valence-corrected chi connectivity index (χ3v) is 2.25. The Balaban J connectivity index is 2.90. The summed E-state index contributed by atoms with van der Waals surface area (Å²) in [6.07, 6.45) is 0.845. The van der Waals surface area contributed by atoms with Crippen LogP contribution in [0.2, 0.25) is 0 Å². The number of benzene rings is 1. The highest BCUT2D eigenvalue weighted by molar-refractivity contribution is 5.74. The van der Waals surface area contributed by atoms with Gasteiger partial charge in [-0.05, 0) is 26.3 Å². The molecule has 0 saturated heterocycles. The van der Waals surface area contributed by atoms with Crippen LogP contribution in [0.25, 0.3) is 0 Å². The summed E-state index contributed by atoms with van der Waals surface area (Å²) in [5.74, 6) is 0. The Morgan fingerprint density at radius 3 is 2.29 bits per heavy atom. The lowest BCUT2D eigenvalue weighted by Gasteiger charge is -2.25. The van der Waals surface area contributed by atoms with Gasteiger partial charge in [-0.3, -0.25) is 4.79 Å². The second-order valence-corrected chi connectivity index (χ2v) is 3.68. The smallest absolute Gasteiger partial charge is 0.150 e. The van der Waals surface area contributed by atoms with Gasteiger partial charge < -0.3 is 4.74 Å². The number of ether oxygens (including phenoxy) is 1. The first-order chi connectivity index (χ1) is 6.60. The Kier molecular flexibility index (Phi) is 3.42. The molecule has 0 aliphatic rings. The van der Waals surface area contributed by atoms with Crippen LogP contribution in [0.15, 0.2) is 24.3 Å². The van der Waals surface area contributed by atoms with Gasteiger partial charge in [0.1, 0.15) is 6.29 Å². The third-order valence-electron chi connectivity index (χ3n) is 2.25. The normalized spacial score (nSPS) is 11.4. The van der Waals surface area contributed by atoms with Crippen LogP contribution < -0.4 is 0 Å². The molecule has 0 radical (unpaired) electrons. The standard InChI is InChI=1S/C12H16O2/c1-4-14-12(2,3)11-7-5-10(9-13)6-8-11/h5-9H,4H2,1-3H3. The predicted molar refractivity (Wildman–Crippen MR) is 56.5 cm³/mol. The predicted octanol–water partition coefficient (Wildman–Crippen LogP) is 2.77. The van der Waals surface area contributed by atoms with Crippen LogP contribution in [0.1, 0.15) is 36.7 Å². The molecule has 14 heavy (non-hydrogen) atoms. The molecule has 1 aromatic carbocycles. The van der Waals surface area contributed by atoms with Crippen LogP contribution in [0.3, 0.4) is 0 Å². The molecule has 0 N–H and O–H groups in total. The van der Waals surface area contributed by atoms with E-state index in [-0.39, 0.29) is 5.60 Å².